The van der Waals surface area contributed by atoms with Crippen LogP contribution in [0.1, 0.15) is 46.5 Å². The summed E-state index contributed by atoms with van der Waals surface area (Å²) in [7, 11) is 0. The lowest BCUT2D eigenvalue weighted by molar-refractivity contribution is 0.136. The number of thioether (sulfide) groups is 1. The molecule has 1 fully saturated rings. The van der Waals surface area contributed by atoms with Gasteiger partial charge < -0.3 is 5.11 Å². The molecule has 0 bridgehead atoms. The summed E-state index contributed by atoms with van der Waals surface area (Å²) in [4.78, 5) is 0. The van der Waals surface area contributed by atoms with E-state index < -0.39 is 0 Å². The predicted octanol–water partition coefficient (Wildman–Crippen LogP) is 3.07. The summed E-state index contributed by atoms with van der Waals surface area (Å²) >= 11 is 1.99. The third kappa shape index (κ3) is 3.51. The molecule has 1 aliphatic rings. The summed E-state index contributed by atoms with van der Waals surface area (Å²) in [6, 6.07) is 0. The summed E-state index contributed by atoms with van der Waals surface area (Å²) in [5, 5.41) is 11.0. The fraction of sp³-hybridized carbons (Fsp3) is 1.00. The van der Waals surface area contributed by atoms with E-state index in [-0.39, 0.29) is 6.10 Å². The van der Waals surface area contributed by atoms with E-state index in [1.807, 2.05) is 11.8 Å². The van der Waals surface area contributed by atoms with Crippen molar-refractivity contribution in [1.29, 1.82) is 0 Å². The van der Waals surface area contributed by atoms with Gasteiger partial charge in [-0.05, 0) is 18.8 Å². The summed E-state index contributed by atoms with van der Waals surface area (Å²) < 4.78 is 0. The first-order chi connectivity index (χ1) is 6.11. The van der Waals surface area contributed by atoms with Gasteiger partial charge in [0.2, 0.25) is 0 Å². The summed E-state index contributed by atoms with van der Waals surface area (Å²) in [6.07, 6.45) is 4.71. The third-order valence-corrected chi connectivity index (χ3v) is 4.87. The van der Waals surface area contributed by atoms with Crippen molar-refractivity contribution in [3.8, 4) is 0 Å². The molecule has 0 radical (unpaired) electrons. The minimum Gasteiger partial charge on any atom is -0.392 e. The minimum atomic E-state index is -0.0417. The van der Waals surface area contributed by atoms with Crippen molar-refractivity contribution < 1.29 is 5.11 Å². The number of rotatable bonds is 3. The molecule has 0 aromatic carbocycles. The maximum absolute atomic E-state index is 9.78. The van der Waals surface area contributed by atoms with Crippen LogP contribution in [-0.2, 0) is 0 Å². The molecule has 13 heavy (non-hydrogen) atoms. The van der Waals surface area contributed by atoms with Crippen molar-refractivity contribution >= 4 is 11.8 Å². The van der Waals surface area contributed by atoms with Crippen molar-refractivity contribution in [2.24, 2.45) is 5.92 Å². The molecule has 0 saturated heterocycles. The lowest BCUT2D eigenvalue weighted by atomic mass is 9.97. The van der Waals surface area contributed by atoms with Gasteiger partial charge in [0, 0.05) is 10.5 Å². The van der Waals surface area contributed by atoms with E-state index in [2.05, 4.69) is 20.8 Å². The Kier molecular flexibility index (Phi) is 4.60. The van der Waals surface area contributed by atoms with Gasteiger partial charge in [-0.2, -0.15) is 11.8 Å². The minimum absolute atomic E-state index is 0.0417. The average molecular weight is 202 g/mol. The van der Waals surface area contributed by atoms with Crippen LogP contribution in [0.4, 0.5) is 0 Å². The first-order valence-electron chi connectivity index (χ1n) is 5.44. The second kappa shape index (κ2) is 5.26. The van der Waals surface area contributed by atoms with Crippen molar-refractivity contribution in [3.05, 3.63) is 0 Å². The highest BCUT2D eigenvalue weighted by Gasteiger charge is 2.25. The van der Waals surface area contributed by atoms with Gasteiger partial charge in [-0.3, -0.25) is 0 Å². The molecule has 1 saturated carbocycles. The Labute approximate surface area is 86.3 Å². The Balaban J connectivity index is 2.33. The standard InChI is InChI=1S/C11H22OS/c1-8(2)9(3)13-11-7-5-4-6-10(11)12/h8-12H,4-7H2,1-3H3/t9?,10-,11-/m1/s1. The van der Waals surface area contributed by atoms with Gasteiger partial charge in [0.1, 0.15) is 0 Å². The van der Waals surface area contributed by atoms with Gasteiger partial charge in [-0.1, -0.05) is 33.6 Å². The largest absolute Gasteiger partial charge is 0.392 e. The zero-order chi connectivity index (χ0) is 9.84. The molecule has 0 aliphatic heterocycles. The SMILES string of the molecule is CC(C)C(C)S[C@@H]1CCCC[C@H]1O. The Hall–Kier alpha value is 0.310. The molecule has 1 aliphatic carbocycles. The first-order valence-corrected chi connectivity index (χ1v) is 6.39. The first kappa shape index (κ1) is 11.4. The van der Waals surface area contributed by atoms with Crippen LogP contribution in [0.5, 0.6) is 0 Å². The second-order valence-corrected chi connectivity index (χ2v) is 6.10. The molecular formula is C11H22OS. The molecule has 0 amide bonds. The highest BCUT2D eigenvalue weighted by molar-refractivity contribution is 8.00. The quantitative estimate of drug-likeness (QED) is 0.759. The van der Waals surface area contributed by atoms with Gasteiger partial charge in [-0.25, -0.2) is 0 Å². The van der Waals surface area contributed by atoms with Crippen LogP contribution in [0.3, 0.4) is 0 Å². The second-order valence-electron chi connectivity index (χ2n) is 4.48. The predicted molar refractivity (Wildman–Crippen MR) is 60.2 cm³/mol. The average Bonchev–Trinajstić information content (AvgIpc) is 2.08. The van der Waals surface area contributed by atoms with Crippen LogP contribution in [0, 0.1) is 5.92 Å². The van der Waals surface area contributed by atoms with E-state index in [0.717, 1.165) is 12.3 Å². The summed E-state index contributed by atoms with van der Waals surface area (Å²) in [6.45, 7) is 6.79. The highest BCUT2D eigenvalue weighted by Crippen LogP contribution is 2.33. The molecule has 0 heterocycles. The van der Waals surface area contributed by atoms with Crippen molar-refractivity contribution in [1.82, 2.24) is 0 Å². The number of aliphatic hydroxyl groups is 1. The molecule has 78 valence electrons. The molecule has 2 heteroatoms. The smallest absolute Gasteiger partial charge is 0.0658 e. The molecule has 0 aromatic heterocycles. The van der Waals surface area contributed by atoms with Gasteiger partial charge in [0.15, 0.2) is 0 Å². The maximum Gasteiger partial charge on any atom is 0.0658 e. The topological polar surface area (TPSA) is 20.2 Å². The summed E-state index contributed by atoms with van der Waals surface area (Å²) in [5.41, 5.74) is 0. The third-order valence-electron chi connectivity index (χ3n) is 3.00. The number of aliphatic hydroxyl groups excluding tert-OH is 1. The Morgan fingerprint density at radius 1 is 1.15 bits per heavy atom. The maximum atomic E-state index is 9.78. The molecule has 0 aromatic rings. The molecular weight excluding hydrogens is 180 g/mol. The van der Waals surface area contributed by atoms with E-state index in [4.69, 9.17) is 0 Å². The van der Waals surface area contributed by atoms with E-state index >= 15 is 0 Å². The van der Waals surface area contributed by atoms with Crippen LogP contribution in [0.2, 0.25) is 0 Å². The lowest BCUT2D eigenvalue weighted by Crippen LogP contribution is -2.29. The molecule has 0 spiro atoms. The monoisotopic (exact) mass is 202 g/mol. The van der Waals surface area contributed by atoms with Crippen LogP contribution in [0.15, 0.2) is 0 Å². The van der Waals surface area contributed by atoms with E-state index in [9.17, 15) is 5.11 Å². The van der Waals surface area contributed by atoms with Gasteiger partial charge >= 0.3 is 0 Å². The normalized spacial score (nSPS) is 32.1. The van der Waals surface area contributed by atoms with Crippen LogP contribution >= 0.6 is 11.8 Å². The van der Waals surface area contributed by atoms with Crippen molar-refractivity contribution in [2.75, 3.05) is 0 Å². The van der Waals surface area contributed by atoms with Gasteiger partial charge in [-0.15, -0.1) is 0 Å². The van der Waals surface area contributed by atoms with Gasteiger partial charge in [0.25, 0.3) is 0 Å². The fourth-order valence-corrected chi connectivity index (χ4v) is 3.15. The number of hydrogen-bond acceptors (Lipinski definition) is 2. The molecule has 1 nitrogen and oxygen atoms in total. The molecule has 1 rings (SSSR count). The van der Waals surface area contributed by atoms with Gasteiger partial charge in [0.05, 0.1) is 6.10 Å². The van der Waals surface area contributed by atoms with Crippen LogP contribution < -0.4 is 0 Å². The number of hydrogen-bond donors (Lipinski definition) is 1. The lowest BCUT2D eigenvalue weighted by Gasteiger charge is -2.30. The van der Waals surface area contributed by atoms with Crippen molar-refractivity contribution in [3.63, 3.8) is 0 Å². The van der Waals surface area contributed by atoms with E-state index in [1.165, 1.54) is 19.3 Å². The Morgan fingerprint density at radius 3 is 2.31 bits per heavy atom. The highest BCUT2D eigenvalue weighted by atomic mass is 32.2. The van der Waals surface area contributed by atoms with Crippen LogP contribution in [-0.4, -0.2) is 21.7 Å². The zero-order valence-electron chi connectivity index (χ0n) is 8.99. The van der Waals surface area contributed by atoms with E-state index in [1.54, 1.807) is 0 Å². The molecule has 3 atom stereocenters. The Morgan fingerprint density at radius 2 is 1.77 bits per heavy atom. The Bertz CT molecular complexity index is 147. The fourth-order valence-electron chi connectivity index (χ4n) is 1.67. The molecule has 1 N–H and O–H groups in total. The zero-order valence-corrected chi connectivity index (χ0v) is 9.81. The molecule has 1 unspecified atom stereocenters. The summed E-state index contributed by atoms with van der Waals surface area (Å²) in [5.74, 6) is 0.721. The van der Waals surface area contributed by atoms with Crippen molar-refractivity contribution in [2.45, 2.75) is 63.1 Å². The van der Waals surface area contributed by atoms with E-state index in [0.29, 0.717) is 10.5 Å². The van der Waals surface area contributed by atoms with Crippen LogP contribution in [0.25, 0.3) is 0 Å².